The van der Waals surface area contributed by atoms with Crippen molar-refractivity contribution in [2.45, 2.75) is 20.8 Å². The molecule has 3 rings (SSSR count). The predicted octanol–water partition coefficient (Wildman–Crippen LogP) is 0.821. The smallest absolute Gasteiger partial charge is 0.257 e. The van der Waals surface area contributed by atoms with Crippen LogP contribution in [0.1, 0.15) is 27.4 Å². The van der Waals surface area contributed by atoms with E-state index in [1.165, 1.54) is 0 Å². The second-order valence-electron chi connectivity index (χ2n) is 6.78. The number of carbonyl (C=O) groups is 2. The van der Waals surface area contributed by atoms with E-state index < -0.39 is 0 Å². The monoisotopic (exact) mass is 349 g/mol. The molecule has 25 heavy (non-hydrogen) atoms. The number of carbonyl (C=O) groups excluding carboxylic acids is 2. The third kappa shape index (κ3) is 3.88. The summed E-state index contributed by atoms with van der Waals surface area (Å²) in [5.41, 5.74) is 1.61. The summed E-state index contributed by atoms with van der Waals surface area (Å²) in [6, 6.07) is 0. The summed E-state index contributed by atoms with van der Waals surface area (Å²) >= 11 is 0. The summed E-state index contributed by atoms with van der Waals surface area (Å²) in [4.78, 5) is 31.0. The molecule has 0 unspecified atom stereocenters. The molecular weight excluding hydrogens is 322 g/mol. The van der Waals surface area contributed by atoms with E-state index in [9.17, 15) is 9.59 Å². The van der Waals surface area contributed by atoms with Gasteiger partial charge < -0.3 is 19.0 Å². The van der Waals surface area contributed by atoms with Gasteiger partial charge in [-0.15, -0.1) is 0 Å². The molecule has 0 radical (unpaired) electrons. The highest BCUT2D eigenvalue weighted by atomic mass is 16.5. The fourth-order valence-electron chi connectivity index (χ4n) is 3.48. The Morgan fingerprint density at radius 3 is 2.08 bits per heavy atom. The molecule has 0 atom stereocenters. The fourth-order valence-corrected chi connectivity index (χ4v) is 3.48. The highest BCUT2D eigenvalue weighted by molar-refractivity contribution is 5.97. The van der Waals surface area contributed by atoms with E-state index >= 15 is 0 Å². The van der Waals surface area contributed by atoms with Crippen molar-refractivity contribution < 1.29 is 18.7 Å². The highest BCUT2D eigenvalue weighted by Crippen LogP contribution is 2.23. The first-order valence-electron chi connectivity index (χ1n) is 8.91. The van der Waals surface area contributed by atoms with Crippen molar-refractivity contribution in [1.29, 1.82) is 0 Å². The summed E-state index contributed by atoms with van der Waals surface area (Å²) in [5, 5.41) is 0. The molecule has 2 aliphatic rings. The van der Waals surface area contributed by atoms with Crippen molar-refractivity contribution in [3.63, 3.8) is 0 Å². The van der Waals surface area contributed by atoms with Gasteiger partial charge in [0.05, 0.1) is 25.3 Å². The second kappa shape index (κ2) is 7.58. The van der Waals surface area contributed by atoms with Crippen LogP contribution in [0.2, 0.25) is 0 Å². The Balaban J connectivity index is 1.53. The van der Waals surface area contributed by atoms with E-state index in [1.807, 2.05) is 30.6 Å². The molecule has 7 heteroatoms. The van der Waals surface area contributed by atoms with Crippen molar-refractivity contribution in [1.82, 2.24) is 14.7 Å². The van der Waals surface area contributed by atoms with Gasteiger partial charge in [-0.05, 0) is 20.8 Å². The van der Waals surface area contributed by atoms with Gasteiger partial charge in [-0.2, -0.15) is 0 Å². The number of hydrogen-bond acceptors (Lipinski definition) is 5. The van der Waals surface area contributed by atoms with Gasteiger partial charge in [-0.3, -0.25) is 14.5 Å². The number of hydrogen-bond donors (Lipinski definition) is 0. The van der Waals surface area contributed by atoms with E-state index in [-0.39, 0.29) is 11.8 Å². The second-order valence-corrected chi connectivity index (χ2v) is 6.78. The lowest BCUT2D eigenvalue weighted by Crippen LogP contribution is -2.52. The first kappa shape index (κ1) is 17.9. The van der Waals surface area contributed by atoms with Gasteiger partial charge in [-0.1, -0.05) is 0 Å². The Morgan fingerprint density at radius 1 is 0.880 bits per heavy atom. The van der Waals surface area contributed by atoms with Gasteiger partial charge in [0.1, 0.15) is 11.5 Å². The number of rotatable bonds is 3. The Bertz CT molecular complexity index is 641. The molecule has 1 aromatic rings. The summed E-state index contributed by atoms with van der Waals surface area (Å²) in [6.45, 7) is 11.4. The van der Waals surface area contributed by atoms with Crippen LogP contribution in [0.15, 0.2) is 4.42 Å². The number of furan rings is 1. The fraction of sp³-hybridized carbons (Fsp3) is 0.667. The zero-order valence-corrected chi connectivity index (χ0v) is 15.3. The van der Waals surface area contributed by atoms with Crippen molar-refractivity contribution in [2.24, 2.45) is 0 Å². The number of nitrogens with zero attached hydrogens (tertiary/aromatic N) is 3. The SMILES string of the molecule is Cc1oc(C)c(C(=O)N2CCN(CC(=O)N3CCOCC3)CC2)c1C. The average Bonchev–Trinajstić information content (AvgIpc) is 2.88. The van der Waals surface area contributed by atoms with Gasteiger partial charge in [0.25, 0.3) is 5.91 Å². The number of morpholine rings is 1. The van der Waals surface area contributed by atoms with Crippen LogP contribution in [0.4, 0.5) is 0 Å². The van der Waals surface area contributed by atoms with Crippen LogP contribution in [0.3, 0.4) is 0 Å². The van der Waals surface area contributed by atoms with Crippen LogP contribution in [0.25, 0.3) is 0 Å². The largest absolute Gasteiger partial charge is 0.466 e. The van der Waals surface area contributed by atoms with Crippen molar-refractivity contribution in [2.75, 3.05) is 59.0 Å². The Hall–Kier alpha value is -1.86. The van der Waals surface area contributed by atoms with Gasteiger partial charge in [0.15, 0.2) is 0 Å². The summed E-state index contributed by atoms with van der Waals surface area (Å²) in [6.07, 6.45) is 0. The van der Waals surface area contributed by atoms with Gasteiger partial charge >= 0.3 is 0 Å². The van der Waals surface area contributed by atoms with Crippen LogP contribution < -0.4 is 0 Å². The summed E-state index contributed by atoms with van der Waals surface area (Å²) in [7, 11) is 0. The third-order valence-corrected chi connectivity index (χ3v) is 5.16. The molecule has 2 fully saturated rings. The Labute approximate surface area is 148 Å². The molecule has 7 nitrogen and oxygen atoms in total. The molecule has 2 aliphatic heterocycles. The van der Waals surface area contributed by atoms with Gasteiger partial charge in [0, 0.05) is 44.8 Å². The van der Waals surface area contributed by atoms with E-state index in [0.29, 0.717) is 57.3 Å². The number of aryl methyl sites for hydroxylation is 2. The van der Waals surface area contributed by atoms with E-state index in [1.54, 1.807) is 0 Å². The Kier molecular flexibility index (Phi) is 5.44. The van der Waals surface area contributed by atoms with E-state index in [2.05, 4.69) is 4.90 Å². The standard InChI is InChI=1S/C18H27N3O4/c1-13-14(2)25-15(3)17(13)18(23)21-6-4-19(5-7-21)12-16(22)20-8-10-24-11-9-20/h4-12H2,1-3H3. The topological polar surface area (TPSA) is 66.2 Å². The maximum Gasteiger partial charge on any atom is 0.257 e. The minimum atomic E-state index is 0.0333. The number of ether oxygens (including phenoxy) is 1. The molecule has 0 aromatic carbocycles. The third-order valence-electron chi connectivity index (χ3n) is 5.16. The van der Waals surface area contributed by atoms with Gasteiger partial charge in [0.2, 0.25) is 5.91 Å². The molecule has 0 saturated carbocycles. The van der Waals surface area contributed by atoms with Crippen molar-refractivity contribution in [3.8, 4) is 0 Å². The molecular formula is C18H27N3O4. The summed E-state index contributed by atoms with van der Waals surface area (Å²) in [5.74, 6) is 1.67. The van der Waals surface area contributed by atoms with Crippen LogP contribution >= 0.6 is 0 Å². The van der Waals surface area contributed by atoms with Crippen molar-refractivity contribution in [3.05, 3.63) is 22.6 Å². The molecule has 0 spiro atoms. The molecule has 1 aromatic heterocycles. The van der Waals surface area contributed by atoms with Crippen LogP contribution in [-0.4, -0.2) is 85.5 Å². The molecule has 0 bridgehead atoms. The highest BCUT2D eigenvalue weighted by Gasteiger charge is 2.28. The predicted molar refractivity (Wildman–Crippen MR) is 92.7 cm³/mol. The van der Waals surface area contributed by atoms with Crippen LogP contribution in [0, 0.1) is 20.8 Å². The van der Waals surface area contributed by atoms with Crippen LogP contribution in [0.5, 0.6) is 0 Å². The van der Waals surface area contributed by atoms with Gasteiger partial charge in [-0.25, -0.2) is 0 Å². The number of amides is 2. The first-order valence-corrected chi connectivity index (χ1v) is 8.91. The zero-order valence-electron chi connectivity index (χ0n) is 15.3. The maximum atomic E-state index is 12.8. The molecule has 2 amide bonds. The lowest BCUT2D eigenvalue weighted by Gasteiger charge is -2.36. The molecule has 0 N–H and O–H groups in total. The van der Waals surface area contributed by atoms with Crippen molar-refractivity contribution >= 4 is 11.8 Å². The number of piperazine rings is 1. The molecule has 2 saturated heterocycles. The lowest BCUT2D eigenvalue weighted by atomic mass is 10.1. The van der Waals surface area contributed by atoms with Crippen LogP contribution in [-0.2, 0) is 9.53 Å². The average molecular weight is 349 g/mol. The minimum absolute atomic E-state index is 0.0333. The molecule has 138 valence electrons. The molecule has 0 aliphatic carbocycles. The zero-order chi connectivity index (χ0) is 18.0. The summed E-state index contributed by atoms with van der Waals surface area (Å²) < 4.78 is 10.9. The van der Waals surface area contributed by atoms with E-state index in [4.69, 9.17) is 9.15 Å². The Morgan fingerprint density at radius 2 is 1.52 bits per heavy atom. The van der Waals surface area contributed by atoms with E-state index in [0.717, 1.165) is 24.4 Å². The molecule has 3 heterocycles. The first-order chi connectivity index (χ1) is 12.0. The maximum absolute atomic E-state index is 12.8. The minimum Gasteiger partial charge on any atom is -0.466 e. The quantitative estimate of drug-likeness (QED) is 0.808. The normalized spacial score (nSPS) is 19.3. The lowest BCUT2D eigenvalue weighted by molar-refractivity contribution is -0.136.